The Morgan fingerprint density at radius 2 is 2.29 bits per heavy atom. The van der Waals surface area contributed by atoms with E-state index in [-0.39, 0.29) is 24.1 Å². The van der Waals surface area contributed by atoms with Gasteiger partial charge in [0.25, 0.3) is 0 Å². The highest BCUT2D eigenvalue weighted by atomic mass is 19.1. The fourth-order valence-electron chi connectivity index (χ4n) is 3.65. The predicted molar refractivity (Wildman–Crippen MR) is 87.4 cm³/mol. The van der Waals surface area contributed by atoms with Crippen molar-refractivity contribution in [2.24, 2.45) is 5.73 Å². The maximum Gasteiger partial charge on any atom is 0.213 e. The van der Waals surface area contributed by atoms with E-state index in [9.17, 15) is 4.39 Å². The molecule has 0 amide bonds. The van der Waals surface area contributed by atoms with Gasteiger partial charge in [0.1, 0.15) is 5.82 Å². The van der Waals surface area contributed by atoms with Crippen LogP contribution < -0.4 is 10.5 Å². The SMILES string of the molecule is COc1ccc2ncc(F)c(CCN3CC4CC(N)C(C3)O4)c2n1. The Morgan fingerprint density at radius 3 is 3.08 bits per heavy atom. The summed E-state index contributed by atoms with van der Waals surface area (Å²) in [6.45, 7) is 2.41. The lowest BCUT2D eigenvalue weighted by atomic mass is 10.1. The quantitative estimate of drug-likeness (QED) is 0.904. The summed E-state index contributed by atoms with van der Waals surface area (Å²) in [5, 5.41) is 0. The zero-order valence-corrected chi connectivity index (χ0v) is 13.6. The van der Waals surface area contributed by atoms with Crippen LogP contribution in [0.5, 0.6) is 5.88 Å². The van der Waals surface area contributed by atoms with E-state index in [0.717, 1.165) is 26.1 Å². The standard InChI is InChI=1S/C17H21FN4O2/c1-23-16-3-2-14-17(21-16)11(12(18)7-20-14)4-5-22-8-10-6-13(19)15(9-22)24-10/h2-3,7,10,13,15H,4-6,8-9,19H2,1H3. The number of hydrogen-bond acceptors (Lipinski definition) is 6. The van der Waals surface area contributed by atoms with Gasteiger partial charge in [-0.2, -0.15) is 0 Å². The first-order valence-corrected chi connectivity index (χ1v) is 8.25. The molecule has 2 aromatic heterocycles. The fourth-order valence-corrected chi connectivity index (χ4v) is 3.65. The van der Waals surface area contributed by atoms with Gasteiger partial charge < -0.3 is 15.2 Å². The van der Waals surface area contributed by atoms with Crippen molar-refractivity contribution in [2.45, 2.75) is 31.1 Å². The van der Waals surface area contributed by atoms with Gasteiger partial charge in [-0.1, -0.05) is 0 Å². The highest BCUT2D eigenvalue weighted by Gasteiger charge is 2.39. The lowest BCUT2D eigenvalue weighted by molar-refractivity contribution is -0.0403. The highest BCUT2D eigenvalue weighted by Crippen LogP contribution is 2.27. The number of nitrogens with two attached hydrogens (primary N) is 1. The number of rotatable bonds is 4. The Balaban J connectivity index is 1.55. The summed E-state index contributed by atoms with van der Waals surface area (Å²) < 4.78 is 25.3. The smallest absolute Gasteiger partial charge is 0.213 e. The normalized spacial score (nSPS) is 26.9. The van der Waals surface area contributed by atoms with Crippen LogP contribution in [0.2, 0.25) is 0 Å². The molecule has 0 radical (unpaired) electrons. The third-order valence-electron chi connectivity index (χ3n) is 4.91. The number of likely N-dealkylation sites (tertiary alicyclic amines) is 1. The number of pyridine rings is 2. The van der Waals surface area contributed by atoms with Gasteiger partial charge in [-0.3, -0.25) is 9.88 Å². The molecule has 0 saturated carbocycles. The van der Waals surface area contributed by atoms with Gasteiger partial charge in [-0.15, -0.1) is 0 Å². The average molecular weight is 332 g/mol. The van der Waals surface area contributed by atoms with Crippen LogP contribution in [0.1, 0.15) is 12.0 Å². The molecule has 2 aliphatic rings. The fraction of sp³-hybridized carbons (Fsp3) is 0.529. The molecule has 4 heterocycles. The van der Waals surface area contributed by atoms with Gasteiger partial charge in [0, 0.05) is 37.3 Å². The number of hydrogen-bond donors (Lipinski definition) is 1. The van der Waals surface area contributed by atoms with E-state index in [1.54, 1.807) is 19.2 Å². The molecular formula is C17H21FN4O2. The topological polar surface area (TPSA) is 73.5 Å². The summed E-state index contributed by atoms with van der Waals surface area (Å²) in [7, 11) is 1.55. The van der Waals surface area contributed by atoms with E-state index in [0.29, 0.717) is 28.9 Å². The maximum absolute atomic E-state index is 14.3. The first-order chi connectivity index (χ1) is 11.6. The van der Waals surface area contributed by atoms with Gasteiger partial charge in [0.15, 0.2) is 0 Å². The summed E-state index contributed by atoms with van der Waals surface area (Å²) in [4.78, 5) is 10.8. The number of fused-ring (bicyclic) bond motifs is 3. The molecule has 2 fully saturated rings. The lowest BCUT2D eigenvalue weighted by Gasteiger charge is -2.32. The van der Waals surface area contributed by atoms with Crippen molar-refractivity contribution in [1.82, 2.24) is 14.9 Å². The molecule has 24 heavy (non-hydrogen) atoms. The largest absolute Gasteiger partial charge is 0.481 e. The van der Waals surface area contributed by atoms with Crippen molar-refractivity contribution in [1.29, 1.82) is 0 Å². The van der Waals surface area contributed by atoms with Crippen molar-refractivity contribution < 1.29 is 13.9 Å². The molecule has 2 bridgehead atoms. The molecule has 4 rings (SSSR count). The van der Waals surface area contributed by atoms with Crippen molar-refractivity contribution in [2.75, 3.05) is 26.7 Å². The molecule has 3 atom stereocenters. The van der Waals surface area contributed by atoms with Gasteiger partial charge in [0.2, 0.25) is 5.88 Å². The maximum atomic E-state index is 14.3. The summed E-state index contributed by atoms with van der Waals surface area (Å²) >= 11 is 0. The number of ether oxygens (including phenoxy) is 2. The summed E-state index contributed by atoms with van der Waals surface area (Å²) in [6, 6.07) is 3.65. The minimum atomic E-state index is -0.323. The van der Waals surface area contributed by atoms with Crippen LogP contribution in [0.15, 0.2) is 18.3 Å². The lowest BCUT2D eigenvalue weighted by Crippen LogP contribution is -2.46. The molecule has 3 unspecified atom stereocenters. The monoisotopic (exact) mass is 332 g/mol. The number of nitrogens with zero attached hydrogens (tertiary/aromatic N) is 3. The van der Waals surface area contributed by atoms with Crippen molar-refractivity contribution >= 4 is 11.0 Å². The predicted octanol–water partition coefficient (Wildman–Crippen LogP) is 1.12. The third-order valence-corrected chi connectivity index (χ3v) is 4.91. The second-order valence-electron chi connectivity index (χ2n) is 6.51. The zero-order valence-electron chi connectivity index (χ0n) is 13.6. The molecule has 128 valence electrons. The molecular weight excluding hydrogens is 311 g/mol. The molecule has 6 nitrogen and oxygen atoms in total. The van der Waals surface area contributed by atoms with Crippen LogP contribution in [0.3, 0.4) is 0 Å². The summed E-state index contributed by atoms with van der Waals surface area (Å²) in [5.74, 6) is 0.141. The van der Waals surface area contributed by atoms with Crippen LogP contribution in [0, 0.1) is 5.82 Å². The van der Waals surface area contributed by atoms with Gasteiger partial charge in [0.05, 0.1) is 36.5 Å². The molecule has 2 aliphatic heterocycles. The van der Waals surface area contributed by atoms with E-state index in [1.165, 1.54) is 6.20 Å². The van der Waals surface area contributed by atoms with E-state index >= 15 is 0 Å². The first kappa shape index (κ1) is 15.7. The minimum absolute atomic E-state index is 0.0981. The van der Waals surface area contributed by atoms with Crippen LogP contribution >= 0.6 is 0 Å². The summed E-state index contributed by atoms with van der Waals surface area (Å²) in [5.41, 5.74) is 7.91. The highest BCUT2D eigenvalue weighted by molar-refractivity contribution is 5.78. The van der Waals surface area contributed by atoms with Gasteiger partial charge in [-0.25, -0.2) is 9.37 Å². The van der Waals surface area contributed by atoms with Crippen molar-refractivity contribution in [3.05, 3.63) is 29.7 Å². The van der Waals surface area contributed by atoms with Crippen LogP contribution in [-0.2, 0) is 11.2 Å². The molecule has 0 aliphatic carbocycles. The summed E-state index contributed by atoms with van der Waals surface area (Å²) in [6.07, 6.45) is 3.05. The van der Waals surface area contributed by atoms with Gasteiger partial charge >= 0.3 is 0 Å². The van der Waals surface area contributed by atoms with Gasteiger partial charge in [-0.05, 0) is 18.9 Å². The van der Waals surface area contributed by atoms with Crippen LogP contribution in [-0.4, -0.2) is 59.9 Å². The number of aromatic nitrogens is 2. The Labute approximate surface area is 139 Å². The minimum Gasteiger partial charge on any atom is -0.481 e. The van der Waals surface area contributed by atoms with Crippen LogP contribution in [0.4, 0.5) is 4.39 Å². The first-order valence-electron chi connectivity index (χ1n) is 8.25. The second-order valence-corrected chi connectivity index (χ2v) is 6.51. The van der Waals surface area contributed by atoms with E-state index in [1.807, 2.05) is 0 Å². The Bertz CT molecular complexity index is 755. The Kier molecular flexibility index (Phi) is 4.07. The van der Waals surface area contributed by atoms with Crippen molar-refractivity contribution in [3.8, 4) is 5.88 Å². The molecule has 2 saturated heterocycles. The molecule has 0 aromatic carbocycles. The number of morpholine rings is 1. The second kappa shape index (κ2) is 6.23. The number of methoxy groups -OCH3 is 1. The molecule has 2 N–H and O–H groups in total. The Hall–Kier alpha value is -1.83. The van der Waals surface area contributed by atoms with E-state index in [2.05, 4.69) is 14.9 Å². The third kappa shape index (κ3) is 2.83. The van der Waals surface area contributed by atoms with E-state index < -0.39 is 0 Å². The average Bonchev–Trinajstić information content (AvgIpc) is 2.85. The molecule has 0 spiro atoms. The van der Waals surface area contributed by atoms with E-state index in [4.69, 9.17) is 15.2 Å². The molecule has 2 aromatic rings. The zero-order chi connectivity index (χ0) is 16.7. The number of halogens is 1. The molecule has 7 heteroatoms. The van der Waals surface area contributed by atoms with Crippen LogP contribution in [0.25, 0.3) is 11.0 Å². The Morgan fingerprint density at radius 1 is 1.42 bits per heavy atom. The van der Waals surface area contributed by atoms with Crippen molar-refractivity contribution in [3.63, 3.8) is 0 Å².